The van der Waals surface area contributed by atoms with Gasteiger partial charge in [-0.2, -0.15) is 0 Å². The molecule has 9 nitrogen and oxygen atoms in total. The average molecular weight is 625 g/mol. The number of halogens is 1. The second-order valence-corrected chi connectivity index (χ2v) is 12.0. The zero-order valence-corrected chi connectivity index (χ0v) is 25.0. The number of aryl methyl sites for hydroxylation is 1. The normalized spacial score (nSPS) is 14.8. The quantitative estimate of drug-likeness (QED) is 0.106. The van der Waals surface area contributed by atoms with Crippen LogP contribution in [0.25, 0.3) is 20.8 Å². The van der Waals surface area contributed by atoms with Gasteiger partial charge in [0.15, 0.2) is 0 Å². The Kier molecular flexibility index (Phi) is 7.94. The molecule has 1 aromatic heterocycles. The summed E-state index contributed by atoms with van der Waals surface area (Å²) >= 11 is 7.72. The van der Waals surface area contributed by atoms with Crippen molar-refractivity contribution in [1.82, 2.24) is 9.88 Å². The smallest absolute Gasteiger partial charge is 0.269 e. The fourth-order valence-electron chi connectivity index (χ4n) is 5.27. The van der Waals surface area contributed by atoms with Crippen molar-refractivity contribution in [2.45, 2.75) is 25.8 Å². The van der Waals surface area contributed by atoms with Gasteiger partial charge in [-0.05, 0) is 85.1 Å². The van der Waals surface area contributed by atoms with Crippen LogP contribution < -0.4 is 4.90 Å². The van der Waals surface area contributed by atoms with Crippen molar-refractivity contribution in [1.29, 1.82) is 0 Å². The van der Waals surface area contributed by atoms with Gasteiger partial charge in [-0.15, -0.1) is 11.3 Å². The molecule has 0 radical (unpaired) electrons. The molecule has 44 heavy (non-hydrogen) atoms. The summed E-state index contributed by atoms with van der Waals surface area (Å²) in [5, 5.41) is 12.5. The van der Waals surface area contributed by atoms with E-state index < -0.39 is 28.7 Å². The minimum atomic E-state index is -1.04. The van der Waals surface area contributed by atoms with Gasteiger partial charge in [0, 0.05) is 34.8 Å². The molecule has 2 heterocycles. The van der Waals surface area contributed by atoms with Crippen LogP contribution in [0, 0.1) is 17.0 Å². The van der Waals surface area contributed by atoms with Gasteiger partial charge in [0.1, 0.15) is 11.0 Å². The fourth-order valence-corrected chi connectivity index (χ4v) is 6.55. The van der Waals surface area contributed by atoms with Crippen LogP contribution in [-0.2, 0) is 16.0 Å². The highest BCUT2D eigenvalue weighted by atomic mass is 35.5. The SMILES string of the molecule is Cc1ccc2nc(-c3ccc(N4C(=O)CC(N(CCc5cccc(Cl)c5)C(=O)c5ccc([N+](=O)[O-])cc5)C4=O)cc3)sc2c1. The van der Waals surface area contributed by atoms with Crippen LogP contribution in [0.15, 0.2) is 91.0 Å². The minimum Gasteiger partial charge on any atom is -0.326 e. The third-order valence-electron chi connectivity index (χ3n) is 7.53. The van der Waals surface area contributed by atoms with E-state index in [9.17, 15) is 24.5 Å². The number of anilines is 1. The van der Waals surface area contributed by atoms with E-state index in [-0.39, 0.29) is 24.2 Å². The van der Waals surface area contributed by atoms with Crippen molar-refractivity contribution in [2.75, 3.05) is 11.4 Å². The summed E-state index contributed by atoms with van der Waals surface area (Å²) in [6, 6.07) is 24.5. The van der Waals surface area contributed by atoms with Crippen molar-refractivity contribution in [3.8, 4) is 10.6 Å². The summed E-state index contributed by atoms with van der Waals surface area (Å²) in [4.78, 5) is 58.6. The van der Waals surface area contributed by atoms with Gasteiger partial charge in [0.2, 0.25) is 5.91 Å². The third-order valence-corrected chi connectivity index (χ3v) is 8.83. The number of non-ortho nitro benzene ring substituents is 1. The summed E-state index contributed by atoms with van der Waals surface area (Å²) in [5.74, 6) is -1.44. The van der Waals surface area contributed by atoms with Crippen molar-refractivity contribution in [3.05, 3.63) is 123 Å². The predicted molar refractivity (Wildman–Crippen MR) is 170 cm³/mol. The number of carbonyl (C=O) groups is 3. The average Bonchev–Trinajstić information content (AvgIpc) is 3.57. The molecule has 1 unspecified atom stereocenters. The molecule has 3 amide bonds. The van der Waals surface area contributed by atoms with Crippen molar-refractivity contribution in [2.24, 2.45) is 0 Å². The molecule has 11 heteroatoms. The van der Waals surface area contributed by atoms with Crippen LogP contribution >= 0.6 is 22.9 Å². The molecular formula is C33H25ClN4O5S. The standard InChI is InChI=1S/C33H25ClN4O5S/c1-20-5-14-27-29(17-20)44-31(35-27)22-6-10-25(11-7-22)37-30(39)19-28(33(37)41)36(16-15-21-3-2-4-24(34)18-21)32(40)23-8-12-26(13-9-23)38(42)43/h2-14,17-18,28H,15-16,19H2,1H3. The Bertz CT molecular complexity index is 1920. The van der Waals surface area contributed by atoms with Crippen LogP contribution in [0.5, 0.6) is 0 Å². The second-order valence-electron chi connectivity index (χ2n) is 10.5. The number of nitro benzene ring substituents is 1. The molecule has 4 aromatic carbocycles. The van der Waals surface area contributed by atoms with Crippen molar-refractivity contribution < 1.29 is 19.3 Å². The highest BCUT2D eigenvalue weighted by Crippen LogP contribution is 2.33. The van der Waals surface area contributed by atoms with Crippen LogP contribution in [0.1, 0.15) is 27.9 Å². The zero-order chi connectivity index (χ0) is 31.0. The molecule has 0 N–H and O–H groups in total. The Hall–Kier alpha value is -4.93. The Balaban J connectivity index is 1.26. The monoisotopic (exact) mass is 624 g/mol. The fraction of sp³-hybridized carbons (Fsp3) is 0.152. The van der Waals surface area contributed by atoms with Gasteiger partial charge < -0.3 is 4.90 Å². The highest BCUT2D eigenvalue weighted by Gasteiger charge is 2.44. The lowest BCUT2D eigenvalue weighted by Gasteiger charge is -2.28. The number of rotatable bonds is 8. The number of hydrogen-bond donors (Lipinski definition) is 0. The van der Waals surface area contributed by atoms with Crippen molar-refractivity contribution >= 4 is 62.3 Å². The first kappa shape index (κ1) is 29.2. The maximum Gasteiger partial charge on any atom is 0.269 e. The predicted octanol–water partition coefficient (Wildman–Crippen LogP) is 6.85. The number of benzene rings is 4. The molecule has 0 saturated carbocycles. The van der Waals surface area contributed by atoms with Crippen LogP contribution in [0.3, 0.4) is 0 Å². The van der Waals surface area contributed by atoms with Gasteiger partial charge in [-0.25, -0.2) is 9.88 Å². The number of thiazole rings is 1. The number of aromatic nitrogens is 1. The summed E-state index contributed by atoms with van der Waals surface area (Å²) in [6.07, 6.45) is 0.194. The lowest BCUT2D eigenvalue weighted by molar-refractivity contribution is -0.384. The lowest BCUT2D eigenvalue weighted by Crippen LogP contribution is -2.46. The maximum atomic E-state index is 13.8. The number of carbonyl (C=O) groups excluding carboxylic acids is 3. The molecule has 220 valence electrons. The molecule has 0 spiro atoms. The zero-order valence-electron chi connectivity index (χ0n) is 23.5. The van der Waals surface area contributed by atoms with Crippen LogP contribution in [0.4, 0.5) is 11.4 Å². The van der Waals surface area contributed by atoms with Gasteiger partial charge in [-0.3, -0.25) is 24.5 Å². The molecule has 1 atom stereocenters. The Morgan fingerprint density at radius 3 is 2.50 bits per heavy atom. The number of imide groups is 1. The molecular weight excluding hydrogens is 600 g/mol. The van der Waals surface area contributed by atoms with E-state index in [1.54, 1.807) is 41.7 Å². The van der Waals surface area contributed by atoms with Crippen LogP contribution in [0.2, 0.25) is 5.02 Å². The number of amides is 3. The summed E-state index contributed by atoms with van der Waals surface area (Å²) in [6.45, 7) is 2.16. The minimum absolute atomic E-state index is 0.129. The van der Waals surface area contributed by atoms with Crippen molar-refractivity contribution in [3.63, 3.8) is 0 Å². The molecule has 1 aliphatic rings. The van der Waals surface area contributed by atoms with E-state index in [1.807, 2.05) is 37.3 Å². The molecule has 0 bridgehead atoms. The number of fused-ring (bicyclic) bond motifs is 1. The molecule has 1 saturated heterocycles. The topological polar surface area (TPSA) is 114 Å². The molecule has 1 fully saturated rings. The summed E-state index contributed by atoms with van der Waals surface area (Å²) in [5.41, 5.74) is 4.19. The maximum absolute atomic E-state index is 13.8. The molecule has 6 rings (SSSR count). The summed E-state index contributed by atoms with van der Waals surface area (Å²) < 4.78 is 1.08. The van der Waals surface area contributed by atoms with E-state index in [2.05, 4.69) is 6.07 Å². The Morgan fingerprint density at radius 1 is 1.05 bits per heavy atom. The summed E-state index contributed by atoms with van der Waals surface area (Å²) in [7, 11) is 0. The largest absolute Gasteiger partial charge is 0.326 e. The van der Waals surface area contributed by atoms with E-state index in [0.717, 1.165) is 36.8 Å². The van der Waals surface area contributed by atoms with E-state index in [1.165, 1.54) is 29.2 Å². The van der Waals surface area contributed by atoms with Gasteiger partial charge >= 0.3 is 0 Å². The van der Waals surface area contributed by atoms with E-state index >= 15 is 0 Å². The second kappa shape index (κ2) is 12.0. The number of nitrogens with zero attached hydrogens (tertiary/aromatic N) is 4. The van der Waals surface area contributed by atoms with Crippen LogP contribution in [-0.4, -0.2) is 45.1 Å². The Morgan fingerprint density at radius 2 is 1.80 bits per heavy atom. The number of hydrogen-bond acceptors (Lipinski definition) is 7. The third kappa shape index (κ3) is 5.82. The first-order valence-corrected chi connectivity index (χ1v) is 15.0. The van der Waals surface area contributed by atoms with E-state index in [4.69, 9.17) is 16.6 Å². The highest BCUT2D eigenvalue weighted by molar-refractivity contribution is 7.21. The molecule has 5 aromatic rings. The Labute approximate surface area is 261 Å². The molecule has 0 aliphatic carbocycles. The first-order chi connectivity index (χ1) is 21.2. The van der Waals surface area contributed by atoms with E-state index in [0.29, 0.717) is 17.1 Å². The van der Waals surface area contributed by atoms with Gasteiger partial charge in [0.05, 0.1) is 27.2 Å². The first-order valence-electron chi connectivity index (χ1n) is 13.8. The van der Waals surface area contributed by atoms with Gasteiger partial charge in [-0.1, -0.05) is 29.8 Å². The molecule has 1 aliphatic heterocycles. The lowest BCUT2D eigenvalue weighted by atomic mass is 10.1. The van der Waals surface area contributed by atoms with Gasteiger partial charge in [0.25, 0.3) is 17.5 Å². The number of nitro groups is 1.